The number of anilines is 2. The van der Waals surface area contributed by atoms with Gasteiger partial charge in [0.1, 0.15) is 10.8 Å². The summed E-state index contributed by atoms with van der Waals surface area (Å²) in [7, 11) is 0. The standard InChI is InChI=1S/C12H15N5OS/c1-2-15-9(18)7-16-12-10(11(13)17-19-12)8-4-3-5-14-6-8/h3-6,16H,2,7H2,1H3,(H2,13,17)(H,15,18). The van der Waals surface area contributed by atoms with E-state index in [1.165, 1.54) is 11.5 Å². The van der Waals surface area contributed by atoms with Crippen molar-refractivity contribution in [1.82, 2.24) is 14.7 Å². The summed E-state index contributed by atoms with van der Waals surface area (Å²) in [5.41, 5.74) is 7.54. The van der Waals surface area contributed by atoms with E-state index in [0.717, 1.165) is 16.1 Å². The molecule has 19 heavy (non-hydrogen) atoms. The van der Waals surface area contributed by atoms with Crippen molar-refractivity contribution in [3.63, 3.8) is 0 Å². The lowest BCUT2D eigenvalue weighted by Crippen LogP contribution is -2.29. The third-order valence-corrected chi connectivity index (χ3v) is 3.27. The summed E-state index contributed by atoms with van der Waals surface area (Å²) in [6, 6.07) is 3.74. The van der Waals surface area contributed by atoms with E-state index in [1.807, 2.05) is 19.1 Å². The average molecular weight is 277 g/mol. The highest BCUT2D eigenvalue weighted by Gasteiger charge is 2.14. The fraction of sp³-hybridized carbons (Fsp3) is 0.250. The van der Waals surface area contributed by atoms with E-state index in [2.05, 4.69) is 20.0 Å². The second kappa shape index (κ2) is 6.14. The van der Waals surface area contributed by atoms with Crippen molar-refractivity contribution in [2.45, 2.75) is 6.92 Å². The van der Waals surface area contributed by atoms with Gasteiger partial charge in [0, 0.05) is 24.5 Å². The predicted octanol–water partition coefficient (Wildman–Crippen LogP) is 1.34. The fourth-order valence-electron chi connectivity index (χ4n) is 1.63. The molecule has 0 atom stereocenters. The zero-order valence-electron chi connectivity index (χ0n) is 10.5. The highest BCUT2D eigenvalue weighted by atomic mass is 32.1. The molecule has 2 rings (SSSR count). The van der Waals surface area contributed by atoms with Crippen molar-refractivity contribution < 1.29 is 4.79 Å². The van der Waals surface area contributed by atoms with Gasteiger partial charge in [-0.05, 0) is 24.5 Å². The van der Waals surface area contributed by atoms with E-state index in [1.54, 1.807) is 12.4 Å². The van der Waals surface area contributed by atoms with Gasteiger partial charge in [0.2, 0.25) is 5.91 Å². The molecule has 0 saturated carbocycles. The number of carbonyl (C=O) groups is 1. The Morgan fingerprint density at radius 1 is 1.53 bits per heavy atom. The molecule has 0 aliphatic heterocycles. The van der Waals surface area contributed by atoms with Gasteiger partial charge in [0.05, 0.1) is 12.1 Å². The first-order valence-corrected chi connectivity index (χ1v) is 6.65. The molecule has 0 aromatic carbocycles. The van der Waals surface area contributed by atoms with E-state index < -0.39 is 0 Å². The van der Waals surface area contributed by atoms with Gasteiger partial charge >= 0.3 is 0 Å². The lowest BCUT2D eigenvalue weighted by Gasteiger charge is -2.07. The second-order valence-corrected chi connectivity index (χ2v) is 4.59. The molecule has 0 fully saturated rings. The maximum Gasteiger partial charge on any atom is 0.239 e. The lowest BCUT2D eigenvalue weighted by atomic mass is 10.1. The van der Waals surface area contributed by atoms with Crippen LogP contribution in [-0.4, -0.2) is 28.4 Å². The number of nitrogens with one attached hydrogen (secondary N) is 2. The Morgan fingerprint density at radius 2 is 2.37 bits per heavy atom. The largest absolute Gasteiger partial charge is 0.382 e. The summed E-state index contributed by atoms with van der Waals surface area (Å²) in [4.78, 5) is 15.5. The third-order valence-electron chi connectivity index (χ3n) is 2.45. The predicted molar refractivity (Wildman–Crippen MR) is 76.9 cm³/mol. The normalized spacial score (nSPS) is 10.2. The van der Waals surface area contributed by atoms with Gasteiger partial charge in [-0.15, -0.1) is 0 Å². The van der Waals surface area contributed by atoms with Gasteiger partial charge in [-0.3, -0.25) is 9.78 Å². The Kier molecular flexibility index (Phi) is 4.30. The molecule has 0 aliphatic carbocycles. The summed E-state index contributed by atoms with van der Waals surface area (Å²) in [5.74, 6) is 0.378. The maximum atomic E-state index is 11.4. The minimum absolute atomic E-state index is 0.0633. The van der Waals surface area contributed by atoms with E-state index in [9.17, 15) is 4.79 Å². The van der Waals surface area contributed by atoms with Crippen LogP contribution in [0.1, 0.15) is 6.92 Å². The van der Waals surface area contributed by atoms with Crippen LogP contribution in [0.4, 0.5) is 10.8 Å². The van der Waals surface area contributed by atoms with Crippen molar-refractivity contribution in [3.05, 3.63) is 24.5 Å². The molecule has 2 aromatic rings. The first kappa shape index (κ1) is 13.3. The summed E-state index contributed by atoms with van der Waals surface area (Å²) in [6.07, 6.45) is 3.42. The van der Waals surface area contributed by atoms with Gasteiger partial charge in [-0.2, -0.15) is 4.37 Å². The number of nitrogen functional groups attached to an aromatic ring is 1. The van der Waals surface area contributed by atoms with Crippen LogP contribution in [0.3, 0.4) is 0 Å². The molecule has 0 radical (unpaired) electrons. The number of amides is 1. The number of rotatable bonds is 5. The number of pyridine rings is 1. The summed E-state index contributed by atoms with van der Waals surface area (Å²) in [6.45, 7) is 2.69. The Morgan fingerprint density at radius 3 is 3.05 bits per heavy atom. The molecule has 2 heterocycles. The Balaban J connectivity index is 2.17. The number of hydrogen-bond acceptors (Lipinski definition) is 6. The third kappa shape index (κ3) is 3.19. The zero-order chi connectivity index (χ0) is 13.7. The SMILES string of the molecule is CCNC(=O)CNc1snc(N)c1-c1cccnc1. The molecule has 100 valence electrons. The highest BCUT2D eigenvalue weighted by molar-refractivity contribution is 7.11. The molecular formula is C12H15N5OS. The highest BCUT2D eigenvalue weighted by Crippen LogP contribution is 2.35. The first-order valence-electron chi connectivity index (χ1n) is 5.88. The van der Waals surface area contributed by atoms with E-state index in [4.69, 9.17) is 5.73 Å². The van der Waals surface area contributed by atoms with Crippen LogP contribution in [0.25, 0.3) is 11.1 Å². The van der Waals surface area contributed by atoms with E-state index in [-0.39, 0.29) is 12.5 Å². The van der Waals surface area contributed by atoms with Crippen molar-refractivity contribution in [1.29, 1.82) is 0 Å². The van der Waals surface area contributed by atoms with Crippen LogP contribution < -0.4 is 16.4 Å². The van der Waals surface area contributed by atoms with Gasteiger partial charge in [0.15, 0.2) is 0 Å². The van der Waals surface area contributed by atoms with Crippen LogP contribution in [0.15, 0.2) is 24.5 Å². The Hall–Kier alpha value is -2.15. The minimum atomic E-state index is -0.0633. The van der Waals surface area contributed by atoms with Gasteiger partial charge < -0.3 is 16.4 Å². The minimum Gasteiger partial charge on any atom is -0.382 e. The maximum absolute atomic E-state index is 11.4. The molecule has 0 spiro atoms. The number of carbonyl (C=O) groups excluding carboxylic acids is 1. The molecule has 2 aromatic heterocycles. The van der Waals surface area contributed by atoms with Crippen molar-refractivity contribution in [2.75, 3.05) is 24.1 Å². The summed E-state index contributed by atoms with van der Waals surface area (Å²) < 4.78 is 4.11. The Labute approximate surface area is 115 Å². The molecule has 0 saturated heterocycles. The van der Waals surface area contributed by atoms with Crippen LogP contribution in [0.5, 0.6) is 0 Å². The number of hydrogen-bond donors (Lipinski definition) is 3. The molecule has 7 heteroatoms. The molecule has 0 unspecified atom stereocenters. The molecular weight excluding hydrogens is 262 g/mol. The number of nitrogens with zero attached hydrogens (tertiary/aromatic N) is 2. The molecule has 0 bridgehead atoms. The number of aromatic nitrogens is 2. The van der Waals surface area contributed by atoms with Crippen LogP contribution in [-0.2, 0) is 4.79 Å². The topological polar surface area (TPSA) is 92.9 Å². The first-order chi connectivity index (χ1) is 9.22. The lowest BCUT2D eigenvalue weighted by molar-refractivity contribution is -0.119. The van der Waals surface area contributed by atoms with Gasteiger partial charge in [-0.1, -0.05) is 6.07 Å². The van der Waals surface area contributed by atoms with Crippen molar-refractivity contribution >= 4 is 28.3 Å². The molecule has 6 nitrogen and oxygen atoms in total. The number of nitrogens with two attached hydrogens (primary N) is 1. The number of likely N-dealkylation sites (N-methyl/N-ethyl adjacent to an activating group) is 1. The van der Waals surface area contributed by atoms with Crippen LogP contribution in [0, 0.1) is 0 Å². The van der Waals surface area contributed by atoms with Crippen molar-refractivity contribution in [2.24, 2.45) is 0 Å². The van der Waals surface area contributed by atoms with Crippen molar-refractivity contribution in [3.8, 4) is 11.1 Å². The van der Waals surface area contributed by atoms with Gasteiger partial charge in [-0.25, -0.2) is 0 Å². The average Bonchev–Trinajstić information content (AvgIpc) is 2.79. The quantitative estimate of drug-likeness (QED) is 0.767. The molecule has 1 amide bonds. The zero-order valence-corrected chi connectivity index (χ0v) is 11.3. The Bertz CT molecular complexity index is 555. The monoisotopic (exact) mass is 277 g/mol. The fourth-order valence-corrected chi connectivity index (χ4v) is 2.36. The van der Waals surface area contributed by atoms with Crippen LogP contribution >= 0.6 is 11.5 Å². The molecule has 4 N–H and O–H groups in total. The van der Waals surface area contributed by atoms with Crippen LogP contribution in [0.2, 0.25) is 0 Å². The van der Waals surface area contributed by atoms with E-state index in [0.29, 0.717) is 12.4 Å². The van der Waals surface area contributed by atoms with Gasteiger partial charge in [0.25, 0.3) is 0 Å². The smallest absolute Gasteiger partial charge is 0.239 e. The van der Waals surface area contributed by atoms with E-state index >= 15 is 0 Å². The summed E-state index contributed by atoms with van der Waals surface area (Å²) in [5, 5.41) is 6.55. The second-order valence-electron chi connectivity index (χ2n) is 3.82. The summed E-state index contributed by atoms with van der Waals surface area (Å²) >= 11 is 1.24. The molecule has 0 aliphatic rings.